The van der Waals surface area contributed by atoms with Crippen LogP contribution in [-0.2, 0) is 0 Å². The molecule has 116 valence electrons. The number of aliphatic hydroxyl groups is 2. The van der Waals surface area contributed by atoms with Crippen molar-refractivity contribution in [2.24, 2.45) is 5.41 Å². The normalized spacial score (nSPS) is 15.3. The van der Waals surface area contributed by atoms with Crippen LogP contribution >= 0.6 is 0 Å². The van der Waals surface area contributed by atoms with Gasteiger partial charge in [0.25, 0.3) is 0 Å². The maximum absolute atomic E-state index is 10.1. The average Bonchev–Trinajstić information content (AvgIpc) is 2.72. The molecule has 21 heavy (non-hydrogen) atoms. The summed E-state index contributed by atoms with van der Waals surface area (Å²) in [5.41, 5.74) is 8.13. The summed E-state index contributed by atoms with van der Waals surface area (Å²) in [6, 6.07) is 5.63. The monoisotopic (exact) mass is 291 g/mol. The van der Waals surface area contributed by atoms with Crippen molar-refractivity contribution >= 4 is 16.7 Å². The molecule has 0 spiro atoms. The second-order valence-corrected chi connectivity index (χ2v) is 6.66. The highest BCUT2D eigenvalue weighted by atomic mass is 16.3. The minimum Gasteiger partial charge on any atom is -0.399 e. The van der Waals surface area contributed by atoms with E-state index in [-0.39, 0.29) is 18.1 Å². The third-order valence-electron chi connectivity index (χ3n) is 3.83. The topological polar surface area (TPSA) is 84.3 Å². The summed E-state index contributed by atoms with van der Waals surface area (Å²) >= 11 is 0. The van der Waals surface area contributed by atoms with Crippen LogP contribution < -0.4 is 5.73 Å². The zero-order chi connectivity index (χ0) is 15.8. The Morgan fingerprint density at radius 2 is 2.00 bits per heavy atom. The highest BCUT2D eigenvalue weighted by Gasteiger charge is 2.30. The number of nitrogens with zero attached hydrogens (tertiary/aromatic N) is 2. The van der Waals surface area contributed by atoms with Crippen LogP contribution in [0, 0.1) is 5.41 Å². The minimum absolute atomic E-state index is 0.0423. The third-order valence-corrected chi connectivity index (χ3v) is 3.83. The Bertz CT molecular complexity index is 626. The van der Waals surface area contributed by atoms with Crippen molar-refractivity contribution in [3.05, 3.63) is 24.0 Å². The fraction of sp³-hybridized carbons (Fsp3) is 0.562. The summed E-state index contributed by atoms with van der Waals surface area (Å²) in [7, 11) is 0. The van der Waals surface area contributed by atoms with Gasteiger partial charge >= 0.3 is 0 Å². The molecular weight excluding hydrogens is 266 g/mol. The quantitative estimate of drug-likeness (QED) is 0.756. The molecule has 0 aliphatic carbocycles. The highest BCUT2D eigenvalue weighted by molar-refractivity contribution is 5.80. The molecule has 5 nitrogen and oxygen atoms in total. The first kappa shape index (κ1) is 15.8. The van der Waals surface area contributed by atoms with Crippen LogP contribution in [0.4, 0.5) is 5.69 Å². The van der Waals surface area contributed by atoms with Crippen LogP contribution in [0.1, 0.15) is 52.1 Å². The molecule has 0 amide bonds. The van der Waals surface area contributed by atoms with Gasteiger partial charge in [-0.25, -0.2) is 4.98 Å². The van der Waals surface area contributed by atoms with Gasteiger partial charge in [-0.2, -0.15) is 0 Å². The van der Waals surface area contributed by atoms with E-state index in [1.54, 1.807) is 6.92 Å². The van der Waals surface area contributed by atoms with Gasteiger partial charge in [-0.1, -0.05) is 20.8 Å². The number of nitrogen functional groups attached to an aromatic ring is 1. The van der Waals surface area contributed by atoms with Crippen molar-refractivity contribution in [1.29, 1.82) is 0 Å². The first-order valence-corrected chi connectivity index (χ1v) is 7.32. The van der Waals surface area contributed by atoms with Crippen LogP contribution in [0.25, 0.3) is 11.0 Å². The van der Waals surface area contributed by atoms with E-state index in [0.29, 0.717) is 17.9 Å². The third kappa shape index (κ3) is 3.04. The van der Waals surface area contributed by atoms with Gasteiger partial charge < -0.3 is 20.5 Å². The van der Waals surface area contributed by atoms with Gasteiger partial charge in [0.1, 0.15) is 11.9 Å². The lowest BCUT2D eigenvalue weighted by atomic mass is 9.84. The summed E-state index contributed by atoms with van der Waals surface area (Å²) in [4.78, 5) is 4.54. The van der Waals surface area contributed by atoms with Gasteiger partial charge in [-0.05, 0) is 37.0 Å². The van der Waals surface area contributed by atoms with Gasteiger partial charge in [-0.15, -0.1) is 0 Å². The van der Waals surface area contributed by atoms with Crippen LogP contribution in [-0.4, -0.2) is 26.4 Å². The van der Waals surface area contributed by atoms with Crippen LogP contribution in [0.15, 0.2) is 18.2 Å². The number of benzene rings is 1. The van der Waals surface area contributed by atoms with Crippen molar-refractivity contribution in [3.8, 4) is 0 Å². The number of fused-ring (bicyclic) bond motifs is 1. The first-order valence-electron chi connectivity index (χ1n) is 7.32. The smallest absolute Gasteiger partial charge is 0.138 e. The molecular formula is C16H25N3O2. The van der Waals surface area contributed by atoms with Crippen molar-refractivity contribution in [3.63, 3.8) is 0 Å². The number of aromatic nitrogens is 2. The van der Waals surface area contributed by atoms with E-state index in [9.17, 15) is 10.2 Å². The summed E-state index contributed by atoms with van der Waals surface area (Å²) in [5, 5.41) is 19.5. The molecule has 0 aliphatic rings. The molecule has 2 rings (SSSR count). The van der Waals surface area contributed by atoms with Crippen molar-refractivity contribution < 1.29 is 10.2 Å². The largest absolute Gasteiger partial charge is 0.399 e. The van der Waals surface area contributed by atoms with E-state index in [0.717, 1.165) is 11.0 Å². The van der Waals surface area contributed by atoms with Gasteiger partial charge in [0.2, 0.25) is 0 Å². The summed E-state index contributed by atoms with van der Waals surface area (Å²) in [6.45, 7) is 8.18. The molecule has 1 aromatic heterocycles. The number of rotatable bonds is 4. The predicted molar refractivity (Wildman–Crippen MR) is 85.0 cm³/mol. The summed E-state index contributed by atoms with van der Waals surface area (Å²) in [6.07, 6.45) is -0.0684. The second-order valence-electron chi connectivity index (χ2n) is 6.66. The Hall–Kier alpha value is -1.59. The number of hydrogen-bond donors (Lipinski definition) is 3. The second kappa shape index (κ2) is 5.66. The standard InChI is InChI=1S/C16H25N3O2/c1-10(21)15-18-12-9-11(17)5-6-13(12)19(15)14(7-8-20)16(2,3)4/h5-6,9-10,14,20-21H,7-8,17H2,1-4H3. The Morgan fingerprint density at radius 3 is 2.52 bits per heavy atom. The maximum atomic E-state index is 10.1. The van der Waals surface area contributed by atoms with Gasteiger partial charge in [-0.3, -0.25) is 0 Å². The lowest BCUT2D eigenvalue weighted by Gasteiger charge is -2.33. The molecule has 0 bridgehead atoms. The van der Waals surface area contributed by atoms with E-state index in [4.69, 9.17) is 5.73 Å². The first-order chi connectivity index (χ1) is 9.75. The molecule has 0 fully saturated rings. The molecule has 0 saturated heterocycles. The van der Waals surface area contributed by atoms with Gasteiger partial charge in [0.15, 0.2) is 0 Å². The van der Waals surface area contributed by atoms with E-state index in [2.05, 4.69) is 30.3 Å². The summed E-state index contributed by atoms with van der Waals surface area (Å²) < 4.78 is 2.05. The fourth-order valence-electron chi connectivity index (χ4n) is 2.83. The molecule has 1 aromatic carbocycles. The molecule has 1 heterocycles. The molecule has 0 aliphatic heterocycles. The van der Waals surface area contributed by atoms with Gasteiger partial charge in [0, 0.05) is 18.3 Å². The molecule has 5 heteroatoms. The van der Waals surface area contributed by atoms with E-state index < -0.39 is 6.10 Å². The molecule has 2 unspecified atom stereocenters. The van der Waals surface area contributed by atoms with E-state index in [1.165, 1.54) is 0 Å². The molecule has 2 atom stereocenters. The molecule has 4 N–H and O–H groups in total. The SMILES string of the molecule is CC(O)c1nc2cc(N)ccc2n1C(CCO)C(C)(C)C. The molecule has 2 aromatic rings. The van der Waals surface area contributed by atoms with Crippen molar-refractivity contribution in [2.75, 3.05) is 12.3 Å². The Labute approximate surface area is 125 Å². The predicted octanol–water partition coefficient (Wildman–Crippen LogP) is 2.64. The molecule has 0 saturated carbocycles. The summed E-state index contributed by atoms with van der Waals surface area (Å²) in [5.74, 6) is 0.615. The van der Waals surface area contributed by atoms with Crippen molar-refractivity contribution in [2.45, 2.75) is 46.3 Å². The van der Waals surface area contributed by atoms with E-state index in [1.807, 2.05) is 18.2 Å². The van der Waals surface area contributed by atoms with Gasteiger partial charge in [0.05, 0.1) is 11.0 Å². The number of nitrogens with two attached hydrogens (primary N) is 1. The number of aliphatic hydroxyl groups excluding tert-OH is 2. The fourth-order valence-corrected chi connectivity index (χ4v) is 2.83. The number of hydrogen-bond acceptors (Lipinski definition) is 4. The highest BCUT2D eigenvalue weighted by Crippen LogP contribution is 2.38. The number of anilines is 1. The van der Waals surface area contributed by atoms with Crippen LogP contribution in [0.5, 0.6) is 0 Å². The minimum atomic E-state index is -0.679. The molecule has 0 radical (unpaired) electrons. The zero-order valence-electron chi connectivity index (χ0n) is 13.2. The zero-order valence-corrected chi connectivity index (χ0v) is 13.2. The Kier molecular flexibility index (Phi) is 4.25. The van der Waals surface area contributed by atoms with Crippen molar-refractivity contribution in [1.82, 2.24) is 9.55 Å². The van der Waals surface area contributed by atoms with E-state index >= 15 is 0 Å². The van der Waals surface area contributed by atoms with Crippen LogP contribution in [0.2, 0.25) is 0 Å². The lowest BCUT2D eigenvalue weighted by molar-refractivity contribution is 0.149. The lowest BCUT2D eigenvalue weighted by Crippen LogP contribution is -2.27. The average molecular weight is 291 g/mol. The Morgan fingerprint density at radius 1 is 1.33 bits per heavy atom. The maximum Gasteiger partial charge on any atom is 0.138 e. The van der Waals surface area contributed by atoms with Crippen LogP contribution in [0.3, 0.4) is 0 Å². The number of imidazole rings is 1. The Balaban J connectivity index is 2.71.